The van der Waals surface area contributed by atoms with E-state index in [9.17, 15) is 9.59 Å². The predicted octanol–water partition coefficient (Wildman–Crippen LogP) is 2.95. The molecule has 2 fully saturated rings. The zero-order chi connectivity index (χ0) is 20.6. The minimum absolute atomic E-state index is 0.0180. The Morgan fingerprint density at radius 3 is 2.48 bits per heavy atom. The maximum Gasteiger partial charge on any atom is 0.259 e. The van der Waals surface area contributed by atoms with Crippen molar-refractivity contribution in [2.24, 2.45) is 5.41 Å². The number of hydrogen-bond donors (Lipinski definition) is 0. The van der Waals surface area contributed by atoms with Gasteiger partial charge in [0.05, 0.1) is 12.8 Å². The van der Waals surface area contributed by atoms with Crippen molar-refractivity contribution in [3.63, 3.8) is 0 Å². The van der Waals surface area contributed by atoms with E-state index in [-0.39, 0.29) is 17.2 Å². The molecule has 1 aromatic carbocycles. The molecule has 0 aliphatic carbocycles. The lowest BCUT2D eigenvalue weighted by molar-refractivity contribution is -0.128. The van der Waals surface area contributed by atoms with E-state index in [1.807, 2.05) is 34.1 Å². The second-order valence-electron chi connectivity index (χ2n) is 8.27. The first kappa shape index (κ1) is 19.5. The lowest BCUT2D eigenvalue weighted by Crippen LogP contribution is -2.44. The molecule has 154 valence electrons. The summed E-state index contributed by atoms with van der Waals surface area (Å²) in [5.41, 5.74) is 2.28. The first-order valence-electron chi connectivity index (χ1n) is 10.0. The molecule has 0 saturated carbocycles. The normalized spacial score (nSPS) is 18.5. The van der Waals surface area contributed by atoms with E-state index in [0.717, 1.165) is 30.7 Å². The Labute approximate surface area is 170 Å². The van der Waals surface area contributed by atoms with E-state index in [0.29, 0.717) is 43.1 Å². The number of likely N-dealkylation sites (tertiary alicyclic amines) is 2. The van der Waals surface area contributed by atoms with Crippen LogP contribution < -0.4 is 4.74 Å². The van der Waals surface area contributed by atoms with Crippen LogP contribution in [0.2, 0.25) is 0 Å². The summed E-state index contributed by atoms with van der Waals surface area (Å²) in [7, 11) is 1.64. The fourth-order valence-corrected chi connectivity index (χ4v) is 4.54. The molecule has 0 bridgehead atoms. The molecule has 3 heterocycles. The van der Waals surface area contributed by atoms with Gasteiger partial charge in [-0.15, -0.1) is 0 Å². The van der Waals surface area contributed by atoms with Crippen LogP contribution in [0.15, 0.2) is 28.8 Å². The van der Waals surface area contributed by atoms with Crippen molar-refractivity contribution < 1.29 is 18.8 Å². The highest BCUT2D eigenvalue weighted by atomic mass is 16.5. The third-order valence-electron chi connectivity index (χ3n) is 6.30. The lowest BCUT2D eigenvalue weighted by Gasteiger charge is -2.38. The van der Waals surface area contributed by atoms with Gasteiger partial charge in [0.25, 0.3) is 5.91 Å². The van der Waals surface area contributed by atoms with Crippen molar-refractivity contribution in [2.45, 2.75) is 39.7 Å². The smallest absolute Gasteiger partial charge is 0.259 e. The molecule has 2 aromatic rings. The van der Waals surface area contributed by atoms with Crippen molar-refractivity contribution in [2.75, 3.05) is 26.7 Å². The molecule has 1 aromatic heterocycles. The Balaban J connectivity index is 1.38. The van der Waals surface area contributed by atoms with Crippen LogP contribution in [0, 0.1) is 19.3 Å². The summed E-state index contributed by atoms with van der Waals surface area (Å²) in [5.74, 6) is 1.56. The van der Waals surface area contributed by atoms with Crippen molar-refractivity contribution >= 4 is 11.8 Å². The minimum atomic E-state index is -0.0287. The maximum atomic E-state index is 12.9. The summed E-state index contributed by atoms with van der Waals surface area (Å²) >= 11 is 0. The Morgan fingerprint density at radius 1 is 1.21 bits per heavy atom. The van der Waals surface area contributed by atoms with Crippen LogP contribution in [-0.2, 0) is 11.3 Å². The van der Waals surface area contributed by atoms with Gasteiger partial charge in [-0.05, 0) is 44.4 Å². The largest absolute Gasteiger partial charge is 0.497 e. The van der Waals surface area contributed by atoms with Gasteiger partial charge >= 0.3 is 0 Å². The topological polar surface area (TPSA) is 75.9 Å². The highest BCUT2D eigenvalue weighted by Crippen LogP contribution is 2.42. The molecule has 0 unspecified atom stereocenters. The lowest BCUT2D eigenvalue weighted by atomic mass is 9.77. The van der Waals surface area contributed by atoms with E-state index in [4.69, 9.17) is 9.26 Å². The van der Waals surface area contributed by atoms with Crippen LogP contribution in [0.1, 0.15) is 46.6 Å². The summed E-state index contributed by atoms with van der Waals surface area (Å²) in [6.45, 7) is 6.25. The maximum absolute atomic E-state index is 12.9. The number of aryl methyl sites for hydroxylation is 2. The minimum Gasteiger partial charge on any atom is -0.497 e. The predicted molar refractivity (Wildman–Crippen MR) is 107 cm³/mol. The van der Waals surface area contributed by atoms with Gasteiger partial charge in [0.15, 0.2) is 0 Å². The van der Waals surface area contributed by atoms with Gasteiger partial charge < -0.3 is 19.1 Å². The van der Waals surface area contributed by atoms with Gasteiger partial charge in [-0.2, -0.15) is 0 Å². The van der Waals surface area contributed by atoms with Gasteiger partial charge in [0, 0.05) is 38.0 Å². The quantitative estimate of drug-likeness (QED) is 0.793. The number of carbonyl (C=O) groups excluding carboxylic acids is 2. The molecule has 29 heavy (non-hydrogen) atoms. The van der Waals surface area contributed by atoms with Crippen LogP contribution in [0.25, 0.3) is 0 Å². The fourth-order valence-electron chi connectivity index (χ4n) is 4.54. The van der Waals surface area contributed by atoms with Gasteiger partial charge in [-0.3, -0.25) is 9.59 Å². The van der Waals surface area contributed by atoms with E-state index >= 15 is 0 Å². The average molecular weight is 397 g/mol. The van der Waals surface area contributed by atoms with Crippen molar-refractivity contribution in [1.82, 2.24) is 15.0 Å². The zero-order valence-corrected chi connectivity index (χ0v) is 17.2. The molecule has 7 heteroatoms. The molecule has 0 radical (unpaired) electrons. The van der Waals surface area contributed by atoms with E-state index in [1.165, 1.54) is 0 Å². The van der Waals surface area contributed by atoms with E-state index in [1.54, 1.807) is 21.0 Å². The highest BCUT2D eigenvalue weighted by Gasteiger charge is 2.45. The van der Waals surface area contributed by atoms with E-state index < -0.39 is 0 Å². The van der Waals surface area contributed by atoms with Crippen LogP contribution in [0.3, 0.4) is 0 Å². The summed E-state index contributed by atoms with van der Waals surface area (Å²) in [6.07, 6.45) is 2.25. The second kappa shape index (κ2) is 7.54. The number of ether oxygens (including phenoxy) is 1. The number of nitrogens with zero attached hydrogens (tertiary/aromatic N) is 3. The molecule has 0 N–H and O–H groups in total. The van der Waals surface area contributed by atoms with Crippen molar-refractivity contribution in [3.05, 3.63) is 46.8 Å². The third-order valence-corrected chi connectivity index (χ3v) is 6.30. The molecular formula is C22H27N3O4. The molecule has 4 rings (SSSR count). The molecule has 7 nitrogen and oxygen atoms in total. The van der Waals surface area contributed by atoms with Gasteiger partial charge in [-0.1, -0.05) is 17.3 Å². The average Bonchev–Trinajstić information content (AvgIpc) is 3.21. The number of amides is 2. The molecule has 2 saturated heterocycles. The monoisotopic (exact) mass is 397 g/mol. The first-order chi connectivity index (χ1) is 13.9. The van der Waals surface area contributed by atoms with Gasteiger partial charge in [-0.25, -0.2) is 0 Å². The first-order valence-corrected chi connectivity index (χ1v) is 10.0. The summed E-state index contributed by atoms with van der Waals surface area (Å²) < 4.78 is 10.3. The number of carbonyl (C=O) groups is 2. The molecule has 0 atom stereocenters. The molecule has 2 aliphatic rings. The summed E-state index contributed by atoms with van der Waals surface area (Å²) in [6, 6.07) is 7.85. The number of benzene rings is 1. The van der Waals surface area contributed by atoms with Gasteiger partial charge in [0.1, 0.15) is 17.1 Å². The van der Waals surface area contributed by atoms with E-state index in [2.05, 4.69) is 5.16 Å². The number of piperidine rings is 1. The van der Waals surface area contributed by atoms with Crippen LogP contribution in [-0.4, -0.2) is 53.5 Å². The zero-order valence-electron chi connectivity index (χ0n) is 17.2. The van der Waals surface area contributed by atoms with Crippen LogP contribution >= 0.6 is 0 Å². The number of hydrogen-bond acceptors (Lipinski definition) is 5. The molecule has 2 amide bonds. The second-order valence-corrected chi connectivity index (χ2v) is 8.27. The fraction of sp³-hybridized carbons (Fsp3) is 0.500. The van der Waals surface area contributed by atoms with Crippen molar-refractivity contribution in [3.8, 4) is 5.75 Å². The summed E-state index contributed by atoms with van der Waals surface area (Å²) in [4.78, 5) is 29.4. The molecule has 1 spiro atoms. The standard InChI is InChI=1S/C22H27N3O4/c1-15-20(16(2)29-23-15)21(27)24-10-8-22(9-11-24)12-19(26)25(14-22)13-17-4-6-18(28-3)7-5-17/h4-7H,8-14H2,1-3H3. The number of aromatic nitrogens is 1. The Kier molecular flexibility index (Phi) is 5.06. The Bertz CT molecular complexity index is 891. The molecular weight excluding hydrogens is 370 g/mol. The van der Waals surface area contributed by atoms with Crippen LogP contribution in [0.4, 0.5) is 0 Å². The van der Waals surface area contributed by atoms with Gasteiger partial charge in [0.2, 0.25) is 5.91 Å². The highest BCUT2D eigenvalue weighted by molar-refractivity contribution is 5.96. The Hall–Kier alpha value is -2.83. The molecule has 2 aliphatic heterocycles. The van der Waals surface area contributed by atoms with Crippen molar-refractivity contribution in [1.29, 1.82) is 0 Å². The SMILES string of the molecule is COc1ccc(CN2CC3(CCN(C(=O)c4c(C)noc4C)CC3)CC2=O)cc1. The van der Waals surface area contributed by atoms with Crippen LogP contribution in [0.5, 0.6) is 5.75 Å². The number of rotatable bonds is 4. The number of methoxy groups -OCH3 is 1. The third kappa shape index (κ3) is 3.73. The Morgan fingerprint density at radius 2 is 1.90 bits per heavy atom. The summed E-state index contributed by atoms with van der Waals surface area (Å²) in [5, 5.41) is 3.89.